The fraction of sp³-hybridized carbons (Fsp3) is 0.278. The van der Waals surface area contributed by atoms with E-state index in [-0.39, 0.29) is 35.3 Å². The van der Waals surface area contributed by atoms with E-state index >= 15 is 0 Å². The van der Waals surface area contributed by atoms with Crippen molar-refractivity contribution in [2.45, 2.75) is 50.2 Å². The second kappa shape index (κ2) is 17.1. The maximum Gasteiger partial charge on any atom is 0.264 e. The highest BCUT2D eigenvalue weighted by atomic mass is 35.5. The summed E-state index contributed by atoms with van der Waals surface area (Å²) in [5.74, 6) is -0.519. The van der Waals surface area contributed by atoms with Gasteiger partial charge >= 0.3 is 0 Å². The third-order valence-corrected chi connectivity index (χ3v) is 10.6. The van der Waals surface area contributed by atoms with E-state index in [1.807, 2.05) is 44.2 Å². The average molecular weight is 747 g/mol. The van der Waals surface area contributed by atoms with Crippen molar-refractivity contribution in [2.75, 3.05) is 25.1 Å². The summed E-state index contributed by atoms with van der Waals surface area (Å²) >= 11 is 18.9. The van der Waals surface area contributed by atoms with E-state index in [1.54, 1.807) is 18.2 Å². The lowest BCUT2D eigenvalue weighted by Crippen LogP contribution is -2.54. The molecule has 0 aromatic heterocycles. The van der Waals surface area contributed by atoms with Crippen LogP contribution < -0.4 is 19.1 Å². The molecular formula is C36H38Cl3N3O6S. The molecule has 9 nitrogen and oxygen atoms in total. The number of hydrogen-bond acceptors (Lipinski definition) is 6. The Balaban J connectivity index is 1.85. The van der Waals surface area contributed by atoms with E-state index in [0.717, 1.165) is 9.87 Å². The molecule has 0 bridgehead atoms. The third kappa shape index (κ3) is 9.60. The number of methoxy groups -OCH3 is 2. The van der Waals surface area contributed by atoms with Crippen molar-refractivity contribution >= 4 is 62.3 Å². The van der Waals surface area contributed by atoms with Crippen LogP contribution in [0.3, 0.4) is 0 Å². The van der Waals surface area contributed by atoms with Crippen LogP contribution in [0.5, 0.6) is 11.5 Å². The van der Waals surface area contributed by atoms with Gasteiger partial charge in [0.1, 0.15) is 12.6 Å². The molecule has 4 rings (SSSR count). The molecule has 2 amide bonds. The lowest BCUT2D eigenvalue weighted by atomic mass is 10.0. The Kier molecular flexibility index (Phi) is 13.2. The monoisotopic (exact) mass is 745 g/mol. The standard InChI is InChI=1S/C36H38Cl3N3O6S/c1-5-24(2)40-36(44)32(19-25-9-7-6-8-10-25)41(22-26-11-12-28(38)20-31(26)39)35(43)23-42(29-15-13-27(37)14-16-29)49(45,46)30-17-18-33(47-3)34(21-30)48-4/h6-18,20-21,24,32H,5,19,22-23H2,1-4H3,(H,40,44)/t24-,32+/m0/s1. The molecule has 0 radical (unpaired) electrons. The summed E-state index contributed by atoms with van der Waals surface area (Å²) in [6, 6.07) is 23.2. The Morgan fingerprint density at radius 1 is 0.837 bits per heavy atom. The van der Waals surface area contributed by atoms with Crippen LogP contribution in [0, 0.1) is 0 Å². The topological polar surface area (TPSA) is 105 Å². The number of hydrogen-bond donors (Lipinski definition) is 1. The normalized spacial score (nSPS) is 12.5. The van der Waals surface area contributed by atoms with Crippen molar-refractivity contribution in [1.82, 2.24) is 10.2 Å². The fourth-order valence-electron chi connectivity index (χ4n) is 5.07. The summed E-state index contributed by atoms with van der Waals surface area (Å²) in [5, 5.41) is 4.07. The largest absolute Gasteiger partial charge is 0.493 e. The van der Waals surface area contributed by atoms with Crippen molar-refractivity contribution in [3.05, 3.63) is 117 Å². The highest BCUT2D eigenvalue weighted by molar-refractivity contribution is 7.92. The van der Waals surface area contributed by atoms with Crippen LogP contribution in [0.2, 0.25) is 15.1 Å². The molecule has 260 valence electrons. The van der Waals surface area contributed by atoms with Crippen molar-refractivity contribution in [3.63, 3.8) is 0 Å². The summed E-state index contributed by atoms with van der Waals surface area (Å²) in [6.07, 6.45) is 0.818. The van der Waals surface area contributed by atoms with E-state index in [1.165, 1.54) is 61.6 Å². The van der Waals surface area contributed by atoms with Gasteiger partial charge in [-0.05, 0) is 73.0 Å². The second-order valence-corrected chi connectivity index (χ2v) is 14.4. The molecular weight excluding hydrogens is 709 g/mol. The molecule has 0 saturated heterocycles. The Bertz CT molecular complexity index is 1860. The second-order valence-electron chi connectivity index (χ2n) is 11.3. The van der Waals surface area contributed by atoms with Crippen molar-refractivity contribution in [1.29, 1.82) is 0 Å². The van der Waals surface area contributed by atoms with Gasteiger partial charge in [-0.2, -0.15) is 0 Å². The summed E-state index contributed by atoms with van der Waals surface area (Å²) in [5.41, 5.74) is 1.51. The number of benzene rings is 4. The summed E-state index contributed by atoms with van der Waals surface area (Å²) in [6.45, 7) is 3.05. The number of ether oxygens (including phenoxy) is 2. The SMILES string of the molecule is CC[C@H](C)NC(=O)[C@@H](Cc1ccccc1)N(Cc1ccc(Cl)cc1Cl)C(=O)CN(c1ccc(Cl)cc1)S(=O)(=O)c1ccc(OC)c(OC)c1. The van der Waals surface area contributed by atoms with Gasteiger partial charge in [0.25, 0.3) is 10.0 Å². The molecule has 4 aromatic rings. The van der Waals surface area contributed by atoms with Gasteiger partial charge in [0.05, 0.1) is 24.8 Å². The van der Waals surface area contributed by atoms with Crippen LogP contribution in [0.25, 0.3) is 0 Å². The predicted octanol–water partition coefficient (Wildman–Crippen LogP) is 7.41. The maximum atomic E-state index is 14.7. The van der Waals surface area contributed by atoms with Gasteiger partial charge in [-0.25, -0.2) is 8.42 Å². The highest BCUT2D eigenvalue weighted by Gasteiger charge is 2.35. The number of nitrogens with zero attached hydrogens (tertiary/aromatic N) is 2. The number of anilines is 1. The van der Waals surface area contributed by atoms with E-state index in [4.69, 9.17) is 44.3 Å². The molecule has 4 aromatic carbocycles. The molecule has 2 atom stereocenters. The van der Waals surface area contributed by atoms with Gasteiger partial charge in [-0.15, -0.1) is 0 Å². The molecule has 0 unspecified atom stereocenters. The van der Waals surface area contributed by atoms with E-state index in [2.05, 4.69) is 5.32 Å². The number of sulfonamides is 1. The molecule has 0 saturated carbocycles. The first-order valence-corrected chi connectivity index (χ1v) is 18.0. The third-order valence-electron chi connectivity index (χ3n) is 7.96. The molecule has 0 aliphatic rings. The van der Waals surface area contributed by atoms with Crippen LogP contribution in [0.4, 0.5) is 5.69 Å². The molecule has 0 spiro atoms. The lowest BCUT2D eigenvalue weighted by Gasteiger charge is -2.34. The van der Waals surface area contributed by atoms with Gasteiger partial charge < -0.3 is 19.7 Å². The maximum absolute atomic E-state index is 14.7. The summed E-state index contributed by atoms with van der Waals surface area (Å²) < 4.78 is 40.4. The van der Waals surface area contributed by atoms with Crippen molar-refractivity contribution < 1.29 is 27.5 Å². The molecule has 0 heterocycles. The Labute approximate surface area is 302 Å². The van der Waals surface area contributed by atoms with Crippen molar-refractivity contribution in [2.24, 2.45) is 0 Å². The van der Waals surface area contributed by atoms with Crippen LogP contribution in [0.1, 0.15) is 31.4 Å². The van der Waals surface area contributed by atoms with E-state index < -0.39 is 34.4 Å². The van der Waals surface area contributed by atoms with Crippen molar-refractivity contribution in [3.8, 4) is 11.5 Å². The predicted molar refractivity (Wildman–Crippen MR) is 194 cm³/mol. The minimum absolute atomic E-state index is 0.106. The quantitative estimate of drug-likeness (QED) is 0.136. The van der Waals surface area contributed by atoms with Gasteiger partial charge in [0.15, 0.2) is 11.5 Å². The average Bonchev–Trinajstić information content (AvgIpc) is 3.09. The van der Waals surface area contributed by atoms with Gasteiger partial charge in [0.2, 0.25) is 11.8 Å². The zero-order chi connectivity index (χ0) is 35.7. The number of carbonyl (C=O) groups excluding carboxylic acids is 2. The first-order chi connectivity index (χ1) is 23.4. The zero-order valence-electron chi connectivity index (χ0n) is 27.5. The Morgan fingerprint density at radius 2 is 1.49 bits per heavy atom. The van der Waals surface area contributed by atoms with E-state index in [0.29, 0.717) is 32.8 Å². The molecule has 0 fully saturated rings. The van der Waals surface area contributed by atoms with Gasteiger partial charge in [0, 0.05) is 40.1 Å². The number of rotatable bonds is 15. The molecule has 13 heteroatoms. The number of carbonyl (C=O) groups is 2. The first-order valence-electron chi connectivity index (χ1n) is 15.5. The first kappa shape index (κ1) is 37.9. The Hall–Kier alpha value is -3.96. The Morgan fingerprint density at radius 3 is 2.10 bits per heavy atom. The number of halogens is 3. The molecule has 0 aliphatic carbocycles. The van der Waals surface area contributed by atoms with Gasteiger partial charge in [-0.1, -0.05) is 78.1 Å². The highest BCUT2D eigenvalue weighted by Crippen LogP contribution is 2.33. The van der Waals surface area contributed by atoms with Crippen LogP contribution in [-0.2, 0) is 32.6 Å². The van der Waals surface area contributed by atoms with Crippen LogP contribution in [-0.4, -0.2) is 58.0 Å². The minimum Gasteiger partial charge on any atom is -0.493 e. The fourth-order valence-corrected chi connectivity index (χ4v) is 7.09. The molecule has 1 N–H and O–H groups in total. The number of nitrogens with one attached hydrogen (secondary N) is 1. The molecule has 49 heavy (non-hydrogen) atoms. The molecule has 0 aliphatic heterocycles. The van der Waals surface area contributed by atoms with E-state index in [9.17, 15) is 18.0 Å². The van der Waals surface area contributed by atoms with Crippen LogP contribution in [0.15, 0.2) is 95.9 Å². The van der Waals surface area contributed by atoms with Gasteiger partial charge in [-0.3, -0.25) is 13.9 Å². The zero-order valence-corrected chi connectivity index (χ0v) is 30.6. The summed E-state index contributed by atoms with van der Waals surface area (Å²) in [7, 11) is -1.57. The lowest BCUT2D eigenvalue weighted by molar-refractivity contribution is -0.140. The minimum atomic E-state index is -4.40. The smallest absolute Gasteiger partial charge is 0.264 e. The number of amides is 2. The van der Waals surface area contributed by atoms with Crippen LogP contribution >= 0.6 is 34.8 Å². The summed E-state index contributed by atoms with van der Waals surface area (Å²) in [4.78, 5) is 29.9.